The van der Waals surface area contributed by atoms with E-state index in [2.05, 4.69) is 9.88 Å². The van der Waals surface area contributed by atoms with Crippen molar-refractivity contribution in [3.8, 4) is 11.1 Å². The van der Waals surface area contributed by atoms with Crippen molar-refractivity contribution in [2.45, 2.75) is 18.7 Å². The SMILES string of the molecule is Cc1noc(NS(=O)(=O)c2ccccc2-c2ccccc2C=O)c1C. The van der Waals surface area contributed by atoms with E-state index in [-0.39, 0.29) is 10.8 Å². The number of hydrogen-bond acceptors (Lipinski definition) is 5. The Morgan fingerprint density at radius 1 is 1.00 bits per heavy atom. The van der Waals surface area contributed by atoms with E-state index in [0.717, 1.165) is 0 Å². The number of carbonyl (C=O) groups is 1. The van der Waals surface area contributed by atoms with Crippen LogP contribution < -0.4 is 4.72 Å². The molecule has 3 rings (SSSR count). The molecule has 1 N–H and O–H groups in total. The fraction of sp³-hybridized carbons (Fsp3) is 0.111. The quantitative estimate of drug-likeness (QED) is 0.706. The highest BCUT2D eigenvalue weighted by Crippen LogP contribution is 2.31. The van der Waals surface area contributed by atoms with Gasteiger partial charge in [0.05, 0.1) is 10.6 Å². The van der Waals surface area contributed by atoms with Crippen LogP contribution in [-0.4, -0.2) is 19.9 Å². The first-order valence-electron chi connectivity index (χ1n) is 7.53. The number of aromatic nitrogens is 1. The van der Waals surface area contributed by atoms with Crippen LogP contribution >= 0.6 is 0 Å². The van der Waals surface area contributed by atoms with Crippen LogP contribution in [0.2, 0.25) is 0 Å². The first-order valence-corrected chi connectivity index (χ1v) is 9.01. The molecule has 0 aliphatic carbocycles. The Hall–Kier alpha value is -2.93. The molecule has 0 amide bonds. The fourth-order valence-corrected chi connectivity index (χ4v) is 3.73. The predicted molar refractivity (Wildman–Crippen MR) is 94.1 cm³/mol. The van der Waals surface area contributed by atoms with Gasteiger partial charge in [-0.15, -0.1) is 0 Å². The third-order valence-corrected chi connectivity index (χ3v) is 5.33. The molecule has 25 heavy (non-hydrogen) atoms. The summed E-state index contributed by atoms with van der Waals surface area (Å²) in [7, 11) is -3.93. The van der Waals surface area contributed by atoms with Gasteiger partial charge in [0.15, 0.2) is 6.29 Å². The molecule has 0 spiro atoms. The summed E-state index contributed by atoms with van der Waals surface area (Å²) in [6.07, 6.45) is 0.704. The summed E-state index contributed by atoms with van der Waals surface area (Å²) in [5.41, 5.74) is 2.62. The van der Waals surface area contributed by atoms with Gasteiger partial charge in [0.25, 0.3) is 10.0 Å². The van der Waals surface area contributed by atoms with Crippen LogP contribution in [-0.2, 0) is 10.0 Å². The van der Waals surface area contributed by atoms with Crippen molar-refractivity contribution in [3.63, 3.8) is 0 Å². The molecule has 128 valence electrons. The van der Waals surface area contributed by atoms with Crippen LogP contribution in [0.1, 0.15) is 21.6 Å². The molecule has 7 heteroatoms. The number of nitrogens with zero attached hydrogens (tertiary/aromatic N) is 1. The molecule has 0 saturated heterocycles. The Bertz CT molecular complexity index is 1040. The summed E-state index contributed by atoms with van der Waals surface area (Å²) in [4.78, 5) is 11.4. The van der Waals surface area contributed by atoms with Crippen molar-refractivity contribution < 1.29 is 17.7 Å². The molecule has 0 atom stereocenters. The first-order chi connectivity index (χ1) is 11.9. The van der Waals surface area contributed by atoms with Gasteiger partial charge >= 0.3 is 0 Å². The van der Waals surface area contributed by atoms with Crippen LogP contribution in [0.25, 0.3) is 11.1 Å². The molecular formula is C18H16N2O4S. The number of benzene rings is 2. The van der Waals surface area contributed by atoms with Gasteiger partial charge in [-0.1, -0.05) is 47.6 Å². The van der Waals surface area contributed by atoms with Gasteiger partial charge in [-0.2, -0.15) is 0 Å². The second-order valence-corrected chi connectivity index (χ2v) is 7.18. The highest BCUT2D eigenvalue weighted by atomic mass is 32.2. The predicted octanol–water partition coefficient (Wildman–Crippen LogP) is 3.57. The lowest BCUT2D eigenvalue weighted by molar-refractivity contribution is 0.112. The summed E-state index contributed by atoms with van der Waals surface area (Å²) in [5.74, 6) is 0.0796. The molecule has 3 aromatic rings. The minimum absolute atomic E-state index is 0.0535. The van der Waals surface area contributed by atoms with Gasteiger partial charge in [-0.25, -0.2) is 13.1 Å². The Labute approximate surface area is 145 Å². The molecule has 0 bridgehead atoms. The molecule has 1 heterocycles. The maximum absolute atomic E-state index is 12.9. The van der Waals surface area contributed by atoms with E-state index in [0.29, 0.717) is 34.2 Å². The summed E-state index contributed by atoms with van der Waals surface area (Å²) in [6, 6.07) is 13.3. The number of anilines is 1. The third-order valence-electron chi connectivity index (χ3n) is 3.94. The Balaban J connectivity index is 2.12. The van der Waals surface area contributed by atoms with E-state index in [4.69, 9.17) is 4.52 Å². The number of carbonyl (C=O) groups excluding carboxylic acids is 1. The van der Waals surface area contributed by atoms with Crippen LogP contribution in [0, 0.1) is 13.8 Å². The van der Waals surface area contributed by atoms with Crippen LogP contribution in [0.4, 0.5) is 5.88 Å². The number of rotatable bonds is 5. The summed E-state index contributed by atoms with van der Waals surface area (Å²) < 4.78 is 33.2. The highest BCUT2D eigenvalue weighted by molar-refractivity contribution is 7.92. The largest absolute Gasteiger partial charge is 0.337 e. The average molecular weight is 356 g/mol. The Morgan fingerprint density at radius 2 is 1.64 bits per heavy atom. The molecule has 1 aromatic heterocycles. The monoisotopic (exact) mass is 356 g/mol. The second-order valence-electron chi connectivity index (χ2n) is 5.53. The van der Waals surface area contributed by atoms with Crippen molar-refractivity contribution in [3.05, 3.63) is 65.4 Å². The van der Waals surface area contributed by atoms with E-state index in [9.17, 15) is 13.2 Å². The maximum atomic E-state index is 12.9. The Morgan fingerprint density at radius 3 is 2.28 bits per heavy atom. The van der Waals surface area contributed by atoms with Crippen LogP contribution in [0.5, 0.6) is 0 Å². The van der Waals surface area contributed by atoms with Crippen molar-refractivity contribution in [1.29, 1.82) is 0 Å². The second kappa shape index (κ2) is 6.52. The van der Waals surface area contributed by atoms with E-state index < -0.39 is 10.0 Å². The van der Waals surface area contributed by atoms with Crippen molar-refractivity contribution >= 4 is 22.2 Å². The number of aryl methyl sites for hydroxylation is 1. The summed E-state index contributed by atoms with van der Waals surface area (Å²) >= 11 is 0. The molecule has 0 fully saturated rings. The lowest BCUT2D eigenvalue weighted by Gasteiger charge is -2.12. The van der Waals surface area contributed by atoms with Crippen molar-refractivity contribution in [2.24, 2.45) is 0 Å². The van der Waals surface area contributed by atoms with Gasteiger partial charge in [0, 0.05) is 16.7 Å². The van der Waals surface area contributed by atoms with Crippen LogP contribution in [0.15, 0.2) is 57.9 Å². The molecule has 0 unspecified atom stereocenters. The highest BCUT2D eigenvalue weighted by Gasteiger charge is 2.23. The molecule has 6 nitrogen and oxygen atoms in total. The topological polar surface area (TPSA) is 89.3 Å². The first kappa shape index (κ1) is 16.9. The number of sulfonamides is 1. The lowest BCUT2D eigenvalue weighted by Crippen LogP contribution is -2.14. The number of hydrogen-bond donors (Lipinski definition) is 1. The zero-order chi connectivity index (χ0) is 18.0. The zero-order valence-electron chi connectivity index (χ0n) is 13.7. The molecule has 0 saturated carbocycles. The zero-order valence-corrected chi connectivity index (χ0v) is 14.5. The molecule has 0 aliphatic heterocycles. The van der Waals surface area contributed by atoms with E-state index in [1.54, 1.807) is 56.3 Å². The van der Waals surface area contributed by atoms with Crippen molar-refractivity contribution in [1.82, 2.24) is 5.16 Å². The minimum Gasteiger partial charge on any atom is -0.337 e. The molecule has 0 aliphatic rings. The van der Waals surface area contributed by atoms with Gasteiger partial charge < -0.3 is 4.52 Å². The van der Waals surface area contributed by atoms with E-state index in [1.807, 2.05) is 0 Å². The molecule has 2 aromatic carbocycles. The van der Waals surface area contributed by atoms with Gasteiger partial charge in [0.2, 0.25) is 5.88 Å². The summed E-state index contributed by atoms with van der Waals surface area (Å²) in [5, 5.41) is 3.75. The molecular weight excluding hydrogens is 340 g/mol. The minimum atomic E-state index is -3.93. The van der Waals surface area contributed by atoms with Gasteiger partial charge in [-0.05, 0) is 25.5 Å². The molecule has 0 radical (unpaired) electrons. The normalized spacial score (nSPS) is 11.3. The maximum Gasteiger partial charge on any atom is 0.264 e. The van der Waals surface area contributed by atoms with Crippen molar-refractivity contribution in [2.75, 3.05) is 4.72 Å². The van der Waals surface area contributed by atoms with Crippen LogP contribution in [0.3, 0.4) is 0 Å². The smallest absolute Gasteiger partial charge is 0.264 e. The van der Waals surface area contributed by atoms with E-state index >= 15 is 0 Å². The average Bonchev–Trinajstić information content (AvgIpc) is 2.93. The fourth-order valence-electron chi connectivity index (χ4n) is 2.46. The van der Waals surface area contributed by atoms with Gasteiger partial charge in [0.1, 0.15) is 0 Å². The summed E-state index contributed by atoms with van der Waals surface area (Å²) in [6.45, 7) is 3.45. The standard InChI is InChI=1S/C18H16N2O4S/c1-12-13(2)19-24-18(12)20-25(22,23)17-10-6-5-9-16(17)15-8-4-3-7-14(15)11-21/h3-11,20H,1-2H3. The number of aldehydes is 1. The van der Waals surface area contributed by atoms with Gasteiger partial charge in [-0.3, -0.25) is 4.79 Å². The third kappa shape index (κ3) is 3.18. The Kier molecular flexibility index (Phi) is 4.41. The lowest BCUT2D eigenvalue weighted by atomic mass is 10.0. The number of nitrogens with one attached hydrogen (secondary N) is 1. The van der Waals surface area contributed by atoms with E-state index in [1.165, 1.54) is 6.07 Å².